The molecule has 0 fully saturated rings. The van der Waals surface area contributed by atoms with E-state index in [0.717, 1.165) is 10.1 Å². The molecule has 1 heterocycles. The van der Waals surface area contributed by atoms with E-state index in [9.17, 15) is 0 Å². The monoisotopic (exact) mass is 233 g/mol. The summed E-state index contributed by atoms with van der Waals surface area (Å²) in [6, 6.07) is 0. The maximum Gasteiger partial charge on any atom is 0.177 e. The van der Waals surface area contributed by atoms with E-state index in [2.05, 4.69) is 16.8 Å². The predicted molar refractivity (Wildman–Crippen MR) is 60.5 cm³/mol. The zero-order valence-corrected chi connectivity index (χ0v) is 9.69. The summed E-state index contributed by atoms with van der Waals surface area (Å²) in [5, 5.41) is 6.76. The molecule has 0 aliphatic heterocycles. The standard InChI is InChI=1S/C7H11N3S3/c1-4(5(2)8)3-12-7-10-9-6(11)13-7/h4H,2-3,8H2,1H3,(H,9,11). The number of aromatic amines is 1. The topological polar surface area (TPSA) is 54.7 Å². The number of thioether (sulfide) groups is 1. The van der Waals surface area contributed by atoms with Crippen molar-refractivity contribution in [3.8, 4) is 0 Å². The molecule has 0 bridgehead atoms. The molecule has 6 heteroatoms. The fourth-order valence-corrected chi connectivity index (χ4v) is 2.77. The highest BCUT2D eigenvalue weighted by atomic mass is 32.2. The Morgan fingerprint density at radius 1 is 1.92 bits per heavy atom. The number of aromatic nitrogens is 2. The summed E-state index contributed by atoms with van der Waals surface area (Å²) in [5.74, 6) is 1.20. The molecular weight excluding hydrogens is 222 g/mol. The van der Waals surface area contributed by atoms with Crippen molar-refractivity contribution in [3.05, 3.63) is 16.2 Å². The second-order valence-electron chi connectivity index (χ2n) is 2.67. The van der Waals surface area contributed by atoms with Gasteiger partial charge in [0.05, 0.1) is 0 Å². The highest BCUT2D eigenvalue weighted by molar-refractivity contribution is 8.01. The Bertz CT molecular complexity index is 341. The lowest BCUT2D eigenvalue weighted by atomic mass is 10.2. The van der Waals surface area contributed by atoms with Gasteiger partial charge in [0.1, 0.15) is 0 Å². The minimum Gasteiger partial charge on any atom is -0.402 e. The fraction of sp³-hybridized carbons (Fsp3) is 0.429. The van der Waals surface area contributed by atoms with Crippen LogP contribution >= 0.6 is 35.3 Å². The first-order valence-electron chi connectivity index (χ1n) is 3.72. The Morgan fingerprint density at radius 2 is 2.62 bits per heavy atom. The maximum atomic E-state index is 5.55. The number of hydrogen-bond donors (Lipinski definition) is 2. The van der Waals surface area contributed by atoms with Crippen LogP contribution in [-0.2, 0) is 0 Å². The lowest BCUT2D eigenvalue weighted by molar-refractivity contribution is 0.773. The summed E-state index contributed by atoms with van der Waals surface area (Å²) >= 11 is 8.04. The second kappa shape index (κ2) is 4.78. The minimum atomic E-state index is 0.308. The Kier molecular flexibility index (Phi) is 3.95. The fourth-order valence-electron chi connectivity index (χ4n) is 0.581. The van der Waals surface area contributed by atoms with Crippen LogP contribution in [0.1, 0.15) is 6.92 Å². The van der Waals surface area contributed by atoms with E-state index in [4.69, 9.17) is 18.0 Å². The lowest BCUT2D eigenvalue weighted by Crippen LogP contribution is -2.09. The largest absolute Gasteiger partial charge is 0.402 e. The molecule has 0 spiro atoms. The third kappa shape index (κ3) is 3.50. The van der Waals surface area contributed by atoms with Crippen LogP contribution < -0.4 is 5.73 Å². The summed E-state index contributed by atoms with van der Waals surface area (Å²) in [6.45, 7) is 5.73. The molecule has 0 aliphatic rings. The molecule has 13 heavy (non-hydrogen) atoms. The number of nitrogens with one attached hydrogen (secondary N) is 1. The van der Waals surface area contributed by atoms with Crippen molar-refractivity contribution in [3.63, 3.8) is 0 Å². The van der Waals surface area contributed by atoms with Crippen molar-refractivity contribution >= 4 is 35.3 Å². The smallest absolute Gasteiger partial charge is 0.177 e. The summed E-state index contributed by atoms with van der Waals surface area (Å²) < 4.78 is 1.67. The van der Waals surface area contributed by atoms with Gasteiger partial charge in [-0.25, -0.2) is 0 Å². The van der Waals surface area contributed by atoms with Gasteiger partial charge < -0.3 is 5.73 Å². The molecule has 3 nitrogen and oxygen atoms in total. The molecule has 0 radical (unpaired) electrons. The molecule has 1 atom stereocenters. The van der Waals surface area contributed by atoms with Gasteiger partial charge in [0, 0.05) is 17.4 Å². The number of nitrogens with two attached hydrogens (primary N) is 1. The number of H-pyrrole nitrogens is 1. The Balaban J connectivity index is 2.43. The van der Waals surface area contributed by atoms with E-state index >= 15 is 0 Å². The molecule has 0 saturated carbocycles. The quantitative estimate of drug-likeness (QED) is 0.619. The number of allylic oxidation sites excluding steroid dienone is 1. The third-order valence-corrected chi connectivity index (χ3v) is 4.00. The van der Waals surface area contributed by atoms with Gasteiger partial charge in [-0.1, -0.05) is 36.6 Å². The molecule has 1 rings (SSSR count). The molecule has 1 aromatic heterocycles. The first kappa shape index (κ1) is 10.7. The van der Waals surface area contributed by atoms with Crippen molar-refractivity contribution < 1.29 is 0 Å². The summed E-state index contributed by atoms with van der Waals surface area (Å²) in [7, 11) is 0. The van der Waals surface area contributed by atoms with E-state index in [0.29, 0.717) is 15.6 Å². The van der Waals surface area contributed by atoms with Crippen LogP contribution in [0.15, 0.2) is 16.6 Å². The van der Waals surface area contributed by atoms with Crippen LogP contribution in [0.2, 0.25) is 0 Å². The molecule has 0 aliphatic carbocycles. The van der Waals surface area contributed by atoms with Crippen molar-refractivity contribution in [1.29, 1.82) is 0 Å². The first-order chi connectivity index (χ1) is 6.09. The Labute approximate surface area is 90.4 Å². The van der Waals surface area contributed by atoms with Gasteiger partial charge in [-0.05, 0) is 12.2 Å². The molecule has 0 saturated heterocycles. The number of hydrogen-bond acceptors (Lipinski definition) is 5. The molecule has 3 N–H and O–H groups in total. The van der Waals surface area contributed by atoms with Crippen LogP contribution in [0.3, 0.4) is 0 Å². The van der Waals surface area contributed by atoms with Crippen molar-refractivity contribution in [2.45, 2.75) is 11.3 Å². The van der Waals surface area contributed by atoms with Crippen molar-refractivity contribution in [2.75, 3.05) is 5.75 Å². The minimum absolute atomic E-state index is 0.308. The molecule has 0 aromatic carbocycles. The average Bonchev–Trinajstić information content (AvgIpc) is 2.47. The van der Waals surface area contributed by atoms with E-state index in [1.165, 1.54) is 11.3 Å². The van der Waals surface area contributed by atoms with Crippen molar-refractivity contribution in [1.82, 2.24) is 10.2 Å². The highest BCUT2D eigenvalue weighted by Gasteiger charge is 2.05. The van der Waals surface area contributed by atoms with E-state index in [1.807, 2.05) is 6.92 Å². The van der Waals surface area contributed by atoms with Crippen molar-refractivity contribution in [2.24, 2.45) is 11.7 Å². The van der Waals surface area contributed by atoms with E-state index < -0.39 is 0 Å². The number of rotatable bonds is 4. The zero-order valence-electron chi connectivity index (χ0n) is 7.24. The van der Waals surface area contributed by atoms with Crippen LogP contribution in [0, 0.1) is 9.87 Å². The SMILES string of the molecule is C=C(N)C(C)CSc1n[nH]c(=S)s1. The Morgan fingerprint density at radius 3 is 3.08 bits per heavy atom. The van der Waals surface area contributed by atoms with Crippen LogP contribution in [0.5, 0.6) is 0 Å². The van der Waals surface area contributed by atoms with Gasteiger partial charge in [-0.15, -0.1) is 0 Å². The molecule has 1 aromatic rings. The van der Waals surface area contributed by atoms with Gasteiger partial charge in [-0.3, -0.25) is 5.10 Å². The second-order valence-corrected chi connectivity index (χ2v) is 5.60. The Hall–Kier alpha value is -0.330. The number of nitrogens with zero attached hydrogens (tertiary/aromatic N) is 1. The van der Waals surface area contributed by atoms with Gasteiger partial charge >= 0.3 is 0 Å². The molecule has 72 valence electrons. The van der Waals surface area contributed by atoms with Crippen LogP contribution in [0.4, 0.5) is 0 Å². The van der Waals surface area contributed by atoms with E-state index in [-0.39, 0.29) is 0 Å². The summed E-state index contributed by atoms with van der Waals surface area (Å²) in [6.07, 6.45) is 0. The molecular formula is C7H11N3S3. The summed E-state index contributed by atoms with van der Waals surface area (Å²) in [5.41, 5.74) is 6.27. The third-order valence-electron chi connectivity index (χ3n) is 1.51. The first-order valence-corrected chi connectivity index (χ1v) is 5.93. The maximum absolute atomic E-state index is 5.55. The average molecular weight is 233 g/mol. The van der Waals surface area contributed by atoms with Gasteiger partial charge in [0.25, 0.3) is 0 Å². The highest BCUT2D eigenvalue weighted by Crippen LogP contribution is 2.23. The molecule has 0 amide bonds. The molecule has 1 unspecified atom stereocenters. The van der Waals surface area contributed by atoms with Gasteiger partial charge in [0.15, 0.2) is 8.29 Å². The zero-order chi connectivity index (χ0) is 9.84. The predicted octanol–water partition coefficient (Wildman–Crippen LogP) is 2.40. The lowest BCUT2D eigenvalue weighted by Gasteiger charge is -2.07. The van der Waals surface area contributed by atoms with Crippen LogP contribution in [-0.4, -0.2) is 16.0 Å². The normalized spacial score (nSPS) is 12.7. The van der Waals surface area contributed by atoms with Gasteiger partial charge in [0.2, 0.25) is 0 Å². The van der Waals surface area contributed by atoms with Gasteiger partial charge in [-0.2, -0.15) is 5.10 Å². The van der Waals surface area contributed by atoms with E-state index in [1.54, 1.807) is 11.8 Å². The van der Waals surface area contributed by atoms with Crippen LogP contribution in [0.25, 0.3) is 0 Å². The summed E-state index contributed by atoms with van der Waals surface area (Å²) in [4.78, 5) is 0.